The maximum Gasteiger partial charge on any atom is 0.152 e. The van der Waals surface area contributed by atoms with Crippen LogP contribution in [0, 0.1) is 12.7 Å². The molecule has 1 unspecified atom stereocenters. The molecule has 0 saturated heterocycles. The van der Waals surface area contributed by atoms with Gasteiger partial charge in [-0.1, -0.05) is 29.3 Å². The average molecular weight is 299 g/mol. The van der Waals surface area contributed by atoms with Crippen LogP contribution in [0.25, 0.3) is 0 Å². The Morgan fingerprint density at radius 2 is 2.00 bits per heavy atom. The lowest BCUT2D eigenvalue weighted by atomic mass is 10.1. The molecule has 2 rings (SSSR count). The highest BCUT2D eigenvalue weighted by Gasteiger charge is 2.10. The topological polar surface area (TPSA) is 24.9 Å². The minimum Gasteiger partial charge on any atom is -0.376 e. The van der Waals surface area contributed by atoms with Crippen LogP contribution in [-0.2, 0) is 0 Å². The van der Waals surface area contributed by atoms with Gasteiger partial charge >= 0.3 is 0 Å². The number of aromatic nitrogens is 1. The molecular formula is C14H13Cl2FN2. The lowest BCUT2D eigenvalue weighted by molar-refractivity contribution is 0.624. The normalized spacial score (nSPS) is 12.3. The second-order valence-corrected chi connectivity index (χ2v) is 5.16. The van der Waals surface area contributed by atoms with E-state index in [4.69, 9.17) is 23.2 Å². The average Bonchev–Trinajstić information content (AvgIpc) is 2.37. The Bertz CT molecular complexity index is 602. The largest absolute Gasteiger partial charge is 0.376 e. The van der Waals surface area contributed by atoms with Gasteiger partial charge in [-0.25, -0.2) is 9.37 Å². The third-order valence-electron chi connectivity index (χ3n) is 2.79. The maximum absolute atomic E-state index is 13.4. The second kappa shape index (κ2) is 5.76. The molecule has 0 spiro atoms. The zero-order valence-electron chi connectivity index (χ0n) is 10.5. The van der Waals surface area contributed by atoms with Crippen molar-refractivity contribution in [3.63, 3.8) is 0 Å². The van der Waals surface area contributed by atoms with Crippen LogP contribution in [0.5, 0.6) is 0 Å². The van der Waals surface area contributed by atoms with Crippen molar-refractivity contribution in [3.8, 4) is 0 Å². The van der Waals surface area contributed by atoms with Crippen LogP contribution in [0.1, 0.15) is 24.1 Å². The monoisotopic (exact) mass is 298 g/mol. The second-order valence-electron chi connectivity index (χ2n) is 4.39. The number of halogens is 3. The number of pyridine rings is 1. The lowest BCUT2D eigenvalue weighted by Gasteiger charge is -2.17. The Balaban J connectivity index is 2.22. The number of nitrogens with one attached hydrogen (secondary N) is 1. The van der Waals surface area contributed by atoms with Crippen LogP contribution in [0.4, 0.5) is 10.1 Å². The van der Waals surface area contributed by atoms with E-state index in [-0.39, 0.29) is 11.1 Å². The molecule has 0 aliphatic carbocycles. The first-order chi connectivity index (χ1) is 8.97. The molecule has 0 radical (unpaired) electrons. The molecule has 1 aromatic carbocycles. The summed E-state index contributed by atoms with van der Waals surface area (Å²) in [5, 5.41) is 3.72. The van der Waals surface area contributed by atoms with Gasteiger partial charge in [0, 0.05) is 12.2 Å². The summed E-state index contributed by atoms with van der Waals surface area (Å²) in [5.74, 6) is -0.429. The summed E-state index contributed by atoms with van der Waals surface area (Å²) in [6.07, 6.45) is 1.69. The zero-order chi connectivity index (χ0) is 14.0. The van der Waals surface area contributed by atoms with Crippen LogP contribution < -0.4 is 5.32 Å². The summed E-state index contributed by atoms with van der Waals surface area (Å²) in [6.45, 7) is 3.85. The first-order valence-corrected chi connectivity index (χ1v) is 6.56. The summed E-state index contributed by atoms with van der Waals surface area (Å²) in [5.41, 5.74) is 2.52. The Morgan fingerprint density at radius 1 is 1.26 bits per heavy atom. The molecule has 0 amide bonds. The lowest BCUT2D eigenvalue weighted by Crippen LogP contribution is -2.08. The van der Waals surface area contributed by atoms with Crippen molar-refractivity contribution in [1.29, 1.82) is 0 Å². The molecule has 1 N–H and O–H groups in total. The number of nitrogens with zero attached hydrogens (tertiary/aromatic N) is 1. The molecular weight excluding hydrogens is 286 g/mol. The molecule has 0 bridgehead atoms. The summed E-state index contributed by atoms with van der Waals surface area (Å²) in [4.78, 5) is 4.06. The molecule has 0 fully saturated rings. The highest BCUT2D eigenvalue weighted by Crippen LogP contribution is 2.26. The van der Waals surface area contributed by atoms with Gasteiger partial charge in [-0.3, -0.25) is 0 Å². The smallest absolute Gasteiger partial charge is 0.152 e. The minimum absolute atomic E-state index is 0.104. The van der Waals surface area contributed by atoms with Gasteiger partial charge in [-0.15, -0.1) is 0 Å². The fraction of sp³-hybridized carbons (Fsp3) is 0.214. The number of aryl methyl sites for hydroxylation is 1. The van der Waals surface area contributed by atoms with E-state index in [1.54, 1.807) is 18.3 Å². The van der Waals surface area contributed by atoms with Crippen molar-refractivity contribution in [3.05, 3.63) is 57.6 Å². The fourth-order valence-corrected chi connectivity index (χ4v) is 2.03. The molecule has 2 nitrogen and oxygen atoms in total. The summed E-state index contributed by atoms with van der Waals surface area (Å²) in [6, 6.07) is 6.53. The van der Waals surface area contributed by atoms with E-state index in [1.165, 1.54) is 6.07 Å². The Hall–Kier alpha value is -1.32. The number of anilines is 1. The van der Waals surface area contributed by atoms with E-state index in [9.17, 15) is 4.39 Å². The van der Waals surface area contributed by atoms with Crippen molar-refractivity contribution in [1.82, 2.24) is 4.98 Å². The van der Waals surface area contributed by atoms with Gasteiger partial charge in [0.1, 0.15) is 5.82 Å². The summed E-state index contributed by atoms with van der Waals surface area (Å²) >= 11 is 11.7. The quantitative estimate of drug-likeness (QED) is 0.806. The van der Waals surface area contributed by atoms with Gasteiger partial charge in [-0.05, 0) is 43.2 Å². The highest BCUT2D eigenvalue weighted by molar-refractivity contribution is 6.32. The van der Waals surface area contributed by atoms with E-state index in [2.05, 4.69) is 10.3 Å². The van der Waals surface area contributed by atoms with E-state index >= 15 is 0 Å². The van der Waals surface area contributed by atoms with Crippen molar-refractivity contribution in [2.24, 2.45) is 0 Å². The predicted octanol–water partition coefficient (Wildman–Crippen LogP) is 5.01. The molecule has 1 aromatic heterocycles. The fourth-order valence-electron chi connectivity index (χ4n) is 1.75. The Labute approximate surface area is 121 Å². The van der Waals surface area contributed by atoms with E-state index in [1.807, 2.05) is 19.9 Å². The standard InChI is InChI=1S/C14H13Cl2FN2/c1-8-5-13(14(16)18-7-8)19-9(2)10-3-4-11(15)12(17)6-10/h3-7,9,19H,1-2H3. The SMILES string of the molecule is Cc1cnc(Cl)c(NC(C)c2ccc(Cl)c(F)c2)c1. The van der Waals surface area contributed by atoms with Crippen LogP contribution in [0.3, 0.4) is 0 Å². The molecule has 1 heterocycles. The Morgan fingerprint density at radius 3 is 2.68 bits per heavy atom. The van der Waals surface area contributed by atoms with Gasteiger partial charge < -0.3 is 5.32 Å². The summed E-state index contributed by atoms with van der Waals surface area (Å²) < 4.78 is 13.4. The zero-order valence-corrected chi connectivity index (χ0v) is 12.1. The van der Waals surface area contributed by atoms with Crippen LogP contribution in [-0.4, -0.2) is 4.98 Å². The molecule has 5 heteroatoms. The maximum atomic E-state index is 13.4. The molecule has 0 aliphatic rings. The van der Waals surface area contributed by atoms with Crippen LogP contribution >= 0.6 is 23.2 Å². The van der Waals surface area contributed by atoms with Crippen LogP contribution in [0.2, 0.25) is 10.2 Å². The van der Waals surface area contributed by atoms with Gasteiger partial charge in [0.05, 0.1) is 10.7 Å². The first-order valence-electron chi connectivity index (χ1n) is 5.81. The van der Waals surface area contributed by atoms with Crippen molar-refractivity contribution < 1.29 is 4.39 Å². The number of rotatable bonds is 3. The van der Waals surface area contributed by atoms with Gasteiger partial charge in [0.15, 0.2) is 5.15 Å². The van der Waals surface area contributed by atoms with Crippen molar-refractivity contribution in [2.45, 2.75) is 19.9 Å². The third-order valence-corrected chi connectivity index (χ3v) is 3.40. The molecule has 19 heavy (non-hydrogen) atoms. The highest BCUT2D eigenvalue weighted by atomic mass is 35.5. The number of benzene rings is 1. The molecule has 1 atom stereocenters. The van der Waals surface area contributed by atoms with Crippen molar-refractivity contribution in [2.75, 3.05) is 5.32 Å². The number of hydrogen-bond donors (Lipinski definition) is 1. The van der Waals surface area contributed by atoms with E-state index in [0.29, 0.717) is 5.15 Å². The van der Waals surface area contributed by atoms with Gasteiger partial charge in [0.2, 0.25) is 0 Å². The Kier molecular flexibility index (Phi) is 4.27. The van der Waals surface area contributed by atoms with E-state index < -0.39 is 5.82 Å². The summed E-state index contributed by atoms with van der Waals surface area (Å²) in [7, 11) is 0. The molecule has 0 saturated carbocycles. The number of hydrogen-bond acceptors (Lipinski definition) is 2. The molecule has 100 valence electrons. The predicted molar refractivity (Wildman–Crippen MR) is 77.4 cm³/mol. The van der Waals surface area contributed by atoms with Crippen LogP contribution in [0.15, 0.2) is 30.5 Å². The van der Waals surface area contributed by atoms with Gasteiger partial charge in [-0.2, -0.15) is 0 Å². The third kappa shape index (κ3) is 3.37. The molecule has 2 aromatic rings. The van der Waals surface area contributed by atoms with E-state index in [0.717, 1.165) is 16.8 Å². The van der Waals surface area contributed by atoms with Gasteiger partial charge in [0.25, 0.3) is 0 Å². The molecule has 0 aliphatic heterocycles. The minimum atomic E-state index is -0.429. The first kappa shape index (κ1) is 14.1. The van der Waals surface area contributed by atoms with Crippen molar-refractivity contribution >= 4 is 28.9 Å².